The van der Waals surface area contributed by atoms with Crippen LogP contribution in [0.3, 0.4) is 0 Å². The Morgan fingerprint density at radius 2 is 2.14 bits per heavy atom. The summed E-state index contributed by atoms with van der Waals surface area (Å²) in [7, 11) is 1.97. The van der Waals surface area contributed by atoms with Crippen molar-refractivity contribution in [3.05, 3.63) is 15.9 Å². The van der Waals surface area contributed by atoms with Gasteiger partial charge in [0.25, 0.3) is 0 Å². The first kappa shape index (κ1) is 16.4. The van der Waals surface area contributed by atoms with Gasteiger partial charge in [-0.15, -0.1) is 5.10 Å². The van der Waals surface area contributed by atoms with Crippen LogP contribution in [0.15, 0.2) is 9.63 Å². The smallest absolute Gasteiger partial charge is 0.209 e. The third-order valence-corrected chi connectivity index (χ3v) is 4.97. The minimum absolute atomic E-state index is 0.774. The van der Waals surface area contributed by atoms with Crippen LogP contribution >= 0.6 is 27.7 Å². The van der Waals surface area contributed by atoms with Crippen molar-refractivity contribution in [2.45, 2.75) is 37.7 Å². The van der Waals surface area contributed by atoms with Crippen molar-refractivity contribution in [1.29, 1.82) is 0 Å². The number of likely N-dealkylation sites (N-methyl/N-ethyl adjacent to an activating group) is 1. The number of nitrogens with zero attached hydrogens (tertiary/aromatic N) is 6. The lowest BCUT2D eigenvalue weighted by atomic mass is 10.3. The van der Waals surface area contributed by atoms with E-state index in [4.69, 9.17) is 0 Å². The molecule has 2 rings (SSSR count). The van der Waals surface area contributed by atoms with E-state index in [-0.39, 0.29) is 0 Å². The Morgan fingerprint density at radius 3 is 2.81 bits per heavy atom. The molecule has 0 spiro atoms. The molecule has 0 bridgehead atoms. The normalized spacial score (nSPS) is 11.2. The molecule has 7 nitrogen and oxygen atoms in total. The molecule has 0 aliphatic rings. The maximum absolute atomic E-state index is 4.50. The van der Waals surface area contributed by atoms with E-state index in [0.29, 0.717) is 0 Å². The number of thioether (sulfide) groups is 1. The van der Waals surface area contributed by atoms with E-state index < -0.39 is 0 Å². The van der Waals surface area contributed by atoms with Crippen LogP contribution in [-0.4, -0.2) is 43.1 Å². The van der Waals surface area contributed by atoms with E-state index in [2.05, 4.69) is 55.7 Å². The highest BCUT2D eigenvalue weighted by Crippen LogP contribution is 2.27. The minimum Gasteiger partial charge on any atom is -0.315 e. The predicted octanol–water partition coefficient (Wildman–Crippen LogP) is 1.63. The summed E-state index contributed by atoms with van der Waals surface area (Å²) in [6.07, 6.45) is 0.916. The number of tetrazole rings is 1. The summed E-state index contributed by atoms with van der Waals surface area (Å²) in [5, 5.41) is 20.5. The van der Waals surface area contributed by atoms with E-state index in [9.17, 15) is 0 Å². The molecule has 0 aromatic carbocycles. The van der Waals surface area contributed by atoms with Crippen molar-refractivity contribution in [3.8, 4) is 0 Å². The van der Waals surface area contributed by atoms with Gasteiger partial charge in [-0.3, -0.25) is 4.68 Å². The Morgan fingerprint density at radius 1 is 1.33 bits per heavy atom. The van der Waals surface area contributed by atoms with E-state index >= 15 is 0 Å². The Bertz CT molecular complexity index is 580. The molecule has 0 aliphatic carbocycles. The summed E-state index contributed by atoms with van der Waals surface area (Å²) in [5.41, 5.74) is 2.23. The molecular weight excluding hydrogens is 354 g/mol. The van der Waals surface area contributed by atoms with Crippen LogP contribution in [0.5, 0.6) is 0 Å². The van der Waals surface area contributed by atoms with Gasteiger partial charge in [-0.25, -0.2) is 4.68 Å². The maximum atomic E-state index is 4.50. The highest BCUT2D eigenvalue weighted by Gasteiger charge is 2.14. The van der Waals surface area contributed by atoms with Crippen LogP contribution in [-0.2, 0) is 25.8 Å². The maximum Gasteiger partial charge on any atom is 0.209 e. The Kier molecular flexibility index (Phi) is 6.19. The average Bonchev–Trinajstić information content (AvgIpc) is 3.02. The Hall–Kier alpha value is -0.930. The molecule has 0 unspecified atom stereocenters. The largest absolute Gasteiger partial charge is 0.315 e. The Balaban J connectivity index is 2.00. The number of aryl methyl sites for hydroxylation is 2. The topological polar surface area (TPSA) is 73.5 Å². The van der Waals surface area contributed by atoms with E-state index in [1.807, 2.05) is 16.4 Å². The molecular formula is C12H20BrN7S. The van der Waals surface area contributed by atoms with Crippen molar-refractivity contribution in [2.24, 2.45) is 7.05 Å². The summed E-state index contributed by atoms with van der Waals surface area (Å²) < 4.78 is 4.84. The second-order valence-electron chi connectivity index (χ2n) is 4.51. The quantitative estimate of drug-likeness (QED) is 0.559. The number of nitrogens with one attached hydrogen (secondary N) is 1. The van der Waals surface area contributed by atoms with Crippen molar-refractivity contribution < 1.29 is 0 Å². The zero-order valence-electron chi connectivity index (χ0n) is 12.5. The fraction of sp³-hybridized carbons (Fsp3) is 0.667. The molecule has 0 atom stereocenters. The molecule has 0 amide bonds. The molecule has 2 aromatic rings. The van der Waals surface area contributed by atoms with Gasteiger partial charge in [-0.05, 0) is 39.3 Å². The first-order chi connectivity index (χ1) is 10.2. The molecule has 0 saturated carbocycles. The molecule has 116 valence electrons. The van der Waals surface area contributed by atoms with Crippen molar-refractivity contribution in [1.82, 2.24) is 35.3 Å². The number of halogens is 1. The molecule has 0 fully saturated rings. The summed E-state index contributed by atoms with van der Waals surface area (Å²) in [6, 6.07) is 0. The number of hydrogen-bond donors (Lipinski definition) is 1. The molecule has 0 aliphatic heterocycles. The lowest BCUT2D eigenvalue weighted by molar-refractivity contribution is 0.517. The zero-order valence-corrected chi connectivity index (χ0v) is 14.9. The monoisotopic (exact) mass is 373 g/mol. The van der Waals surface area contributed by atoms with Gasteiger partial charge in [0.2, 0.25) is 5.16 Å². The summed E-state index contributed by atoms with van der Waals surface area (Å²) in [6.45, 7) is 6.78. The first-order valence-corrected chi connectivity index (χ1v) is 8.75. The van der Waals surface area contributed by atoms with Gasteiger partial charge in [0.15, 0.2) is 0 Å². The van der Waals surface area contributed by atoms with Gasteiger partial charge in [0.05, 0.1) is 22.4 Å². The van der Waals surface area contributed by atoms with Crippen molar-refractivity contribution in [3.63, 3.8) is 0 Å². The highest BCUT2D eigenvalue weighted by molar-refractivity contribution is 9.10. The van der Waals surface area contributed by atoms with E-state index in [1.165, 1.54) is 0 Å². The Labute approximate surface area is 137 Å². The molecule has 9 heteroatoms. The van der Waals surface area contributed by atoms with Crippen LogP contribution < -0.4 is 5.32 Å². The summed E-state index contributed by atoms with van der Waals surface area (Å²) in [4.78, 5) is 0. The highest BCUT2D eigenvalue weighted by atomic mass is 79.9. The van der Waals surface area contributed by atoms with Crippen molar-refractivity contribution >= 4 is 27.7 Å². The first-order valence-electron chi connectivity index (χ1n) is 6.97. The number of aromatic nitrogens is 6. The second kappa shape index (κ2) is 7.90. The van der Waals surface area contributed by atoms with Crippen LogP contribution in [0.25, 0.3) is 0 Å². The molecule has 0 radical (unpaired) electrons. The standard InChI is InChI=1S/C12H20BrN7S/c1-4-9-11(13)10(19(3)16-9)8-21-12-15-17-18-20(12)7-6-14-5-2/h14H,4-8H2,1-3H3. The predicted molar refractivity (Wildman–Crippen MR) is 86.2 cm³/mol. The van der Waals surface area contributed by atoms with Gasteiger partial charge in [0, 0.05) is 19.3 Å². The molecule has 1 N–H and O–H groups in total. The number of rotatable bonds is 8. The van der Waals surface area contributed by atoms with Gasteiger partial charge < -0.3 is 5.32 Å². The molecule has 2 aromatic heterocycles. The van der Waals surface area contributed by atoms with Gasteiger partial charge >= 0.3 is 0 Å². The fourth-order valence-corrected chi connectivity index (χ4v) is 3.82. The van der Waals surface area contributed by atoms with E-state index in [1.54, 1.807) is 11.8 Å². The minimum atomic E-state index is 0.774. The van der Waals surface area contributed by atoms with Crippen LogP contribution in [0.2, 0.25) is 0 Å². The van der Waals surface area contributed by atoms with Gasteiger partial charge in [-0.2, -0.15) is 5.10 Å². The zero-order chi connectivity index (χ0) is 15.2. The number of hydrogen-bond acceptors (Lipinski definition) is 6. The SMILES string of the molecule is CCNCCn1nnnc1SCc1c(Br)c(CC)nn1C. The molecule has 2 heterocycles. The third kappa shape index (κ3) is 4.04. The second-order valence-corrected chi connectivity index (χ2v) is 6.25. The van der Waals surface area contributed by atoms with Crippen LogP contribution in [0, 0.1) is 0 Å². The fourth-order valence-electron chi connectivity index (χ4n) is 1.91. The summed E-state index contributed by atoms with van der Waals surface area (Å²) >= 11 is 5.26. The summed E-state index contributed by atoms with van der Waals surface area (Å²) in [5.74, 6) is 0.783. The van der Waals surface area contributed by atoms with E-state index in [0.717, 1.165) is 52.8 Å². The average molecular weight is 374 g/mol. The molecule has 21 heavy (non-hydrogen) atoms. The van der Waals surface area contributed by atoms with Gasteiger partial charge in [0.1, 0.15) is 0 Å². The lowest BCUT2D eigenvalue weighted by Gasteiger charge is -2.05. The molecule has 0 saturated heterocycles. The lowest BCUT2D eigenvalue weighted by Crippen LogP contribution is -2.20. The third-order valence-electron chi connectivity index (χ3n) is 3.09. The van der Waals surface area contributed by atoms with Crippen LogP contribution in [0.1, 0.15) is 25.2 Å². The van der Waals surface area contributed by atoms with Gasteiger partial charge in [-0.1, -0.05) is 25.6 Å². The van der Waals surface area contributed by atoms with Crippen molar-refractivity contribution in [2.75, 3.05) is 13.1 Å². The van der Waals surface area contributed by atoms with Crippen LogP contribution in [0.4, 0.5) is 0 Å².